The third-order valence-corrected chi connectivity index (χ3v) is 2.81. The van der Waals surface area contributed by atoms with Gasteiger partial charge in [-0.3, -0.25) is 4.79 Å². The lowest BCUT2D eigenvalue weighted by Crippen LogP contribution is -2.18. The Morgan fingerprint density at radius 3 is 2.67 bits per heavy atom. The van der Waals surface area contributed by atoms with Gasteiger partial charge in [-0.05, 0) is 37.0 Å². The largest absolute Gasteiger partial charge is 0.397 e. The lowest BCUT2D eigenvalue weighted by molar-refractivity contribution is 0.0963. The second-order valence-corrected chi connectivity index (χ2v) is 4.84. The van der Waals surface area contributed by atoms with Crippen LogP contribution in [0.15, 0.2) is 18.2 Å². The van der Waals surface area contributed by atoms with Crippen molar-refractivity contribution in [1.82, 2.24) is 5.32 Å². The van der Waals surface area contributed by atoms with Crippen LogP contribution in [0.3, 0.4) is 0 Å². The Morgan fingerprint density at radius 1 is 1.39 bits per heavy atom. The summed E-state index contributed by atoms with van der Waals surface area (Å²) in [5.74, 6) is 0.604. The highest BCUT2D eigenvalue weighted by molar-refractivity contribution is 5.95. The molecule has 0 saturated carbocycles. The zero-order valence-corrected chi connectivity index (χ0v) is 11.4. The summed E-state index contributed by atoms with van der Waals surface area (Å²) in [6.07, 6.45) is 2.32. The molecule has 4 nitrogen and oxygen atoms in total. The zero-order chi connectivity index (χ0) is 13.5. The molecule has 1 rings (SSSR count). The minimum Gasteiger partial charge on any atom is -0.397 e. The lowest BCUT2D eigenvalue weighted by Gasteiger charge is -2.11. The second-order valence-electron chi connectivity index (χ2n) is 4.84. The molecule has 4 N–H and O–H groups in total. The maximum absolute atomic E-state index is 11.4. The Morgan fingerprint density at radius 2 is 2.11 bits per heavy atom. The van der Waals surface area contributed by atoms with Crippen LogP contribution in [-0.4, -0.2) is 19.5 Å². The summed E-state index contributed by atoms with van der Waals surface area (Å²) >= 11 is 0. The molecule has 100 valence electrons. The van der Waals surface area contributed by atoms with Crippen molar-refractivity contribution in [3.63, 3.8) is 0 Å². The molecule has 0 aliphatic rings. The average Bonchev–Trinajstić information content (AvgIpc) is 2.34. The lowest BCUT2D eigenvalue weighted by atomic mass is 10.1. The fraction of sp³-hybridized carbons (Fsp3) is 0.500. The van der Waals surface area contributed by atoms with Crippen molar-refractivity contribution >= 4 is 17.3 Å². The van der Waals surface area contributed by atoms with Crippen LogP contribution in [0.4, 0.5) is 11.4 Å². The second kappa shape index (κ2) is 6.89. The number of anilines is 2. The standard InChI is InChI=1S/C14H23N3O/c1-10(2)5-4-8-17-13-7-6-11(9-12(13)15)14(18)16-3/h6-7,9-10,17H,4-5,8,15H2,1-3H3,(H,16,18). The topological polar surface area (TPSA) is 67.2 Å². The number of nitrogens with two attached hydrogens (primary N) is 1. The van der Waals surface area contributed by atoms with Crippen LogP contribution in [0.2, 0.25) is 0 Å². The molecule has 0 aliphatic carbocycles. The van der Waals surface area contributed by atoms with Crippen LogP contribution in [0, 0.1) is 5.92 Å². The Kier molecular flexibility index (Phi) is 5.49. The molecule has 0 atom stereocenters. The molecular weight excluding hydrogens is 226 g/mol. The van der Waals surface area contributed by atoms with Crippen LogP contribution in [0.25, 0.3) is 0 Å². The van der Waals surface area contributed by atoms with E-state index in [1.165, 1.54) is 6.42 Å². The van der Waals surface area contributed by atoms with Crippen molar-refractivity contribution < 1.29 is 4.79 Å². The van der Waals surface area contributed by atoms with Gasteiger partial charge >= 0.3 is 0 Å². The van der Waals surface area contributed by atoms with E-state index in [9.17, 15) is 4.79 Å². The molecule has 1 aromatic rings. The number of carbonyl (C=O) groups is 1. The molecule has 1 amide bonds. The van der Waals surface area contributed by atoms with Crippen LogP contribution >= 0.6 is 0 Å². The Bertz CT molecular complexity index is 402. The number of benzene rings is 1. The minimum atomic E-state index is -0.118. The van der Waals surface area contributed by atoms with E-state index in [1.54, 1.807) is 19.2 Å². The molecule has 1 aromatic carbocycles. The van der Waals surface area contributed by atoms with Gasteiger partial charge < -0.3 is 16.4 Å². The van der Waals surface area contributed by atoms with Crippen molar-refractivity contribution in [2.24, 2.45) is 5.92 Å². The predicted octanol–water partition coefficient (Wildman–Crippen LogP) is 2.48. The van der Waals surface area contributed by atoms with Crippen LogP contribution in [0.5, 0.6) is 0 Å². The van der Waals surface area contributed by atoms with E-state index >= 15 is 0 Å². The van der Waals surface area contributed by atoms with E-state index < -0.39 is 0 Å². The first-order valence-electron chi connectivity index (χ1n) is 6.40. The van der Waals surface area contributed by atoms with Gasteiger partial charge in [-0.2, -0.15) is 0 Å². The number of nitrogens with one attached hydrogen (secondary N) is 2. The molecule has 4 heteroatoms. The average molecular weight is 249 g/mol. The predicted molar refractivity (Wildman–Crippen MR) is 76.8 cm³/mol. The third-order valence-electron chi connectivity index (χ3n) is 2.81. The molecular formula is C14H23N3O. The molecule has 0 radical (unpaired) electrons. The minimum absolute atomic E-state index is 0.118. The fourth-order valence-electron chi connectivity index (χ4n) is 1.74. The molecule has 0 unspecified atom stereocenters. The van der Waals surface area contributed by atoms with Crippen LogP contribution < -0.4 is 16.4 Å². The van der Waals surface area contributed by atoms with E-state index in [-0.39, 0.29) is 5.91 Å². The van der Waals surface area contributed by atoms with Gasteiger partial charge in [-0.1, -0.05) is 13.8 Å². The van der Waals surface area contributed by atoms with Crippen molar-refractivity contribution in [3.8, 4) is 0 Å². The van der Waals surface area contributed by atoms with E-state index in [2.05, 4.69) is 24.5 Å². The van der Waals surface area contributed by atoms with Crippen molar-refractivity contribution in [2.45, 2.75) is 26.7 Å². The molecule has 0 aromatic heterocycles. The Labute approximate surface area is 109 Å². The highest BCUT2D eigenvalue weighted by Gasteiger charge is 2.06. The number of rotatable bonds is 6. The zero-order valence-electron chi connectivity index (χ0n) is 11.4. The van der Waals surface area contributed by atoms with Crippen molar-refractivity contribution in [3.05, 3.63) is 23.8 Å². The quantitative estimate of drug-likeness (QED) is 0.536. The smallest absolute Gasteiger partial charge is 0.251 e. The summed E-state index contributed by atoms with van der Waals surface area (Å²) in [6.45, 7) is 5.33. The van der Waals surface area contributed by atoms with E-state index in [0.717, 1.165) is 24.6 Å². The number of hydrogen-bond donors (Lipinski definition) is 3. The maximum Gasteiger partial charge on any atom is 0.251 e. The van der Waals surface area contributed by atoms with Gasteiger partial charge in [0.25, 0.3) is 5.91 Å². The van der Waals surface area contributed by atoms with Crippen LogP contribution in [0.1, 0.15) is 37.0 Å². The van der Waals surface area contributed by atoms with Crippen molar-refractivity contribution in [2.75, 3.05) is 24.6 Å². The van der Waals surface area contributed by atoms with Crippen molar-refractivity contribution in [1.29, 1.82) is 0 Å². The maximum atomic E-state index is 11.4. The summed E-state index contributed by atoms with van der Waals surface area (Å²) in [5.41, 5.74) is 8.01. The number of hydrogen-bond acceptors (Lipinski definition) is 3. The van der Waals surface area contributed by atoms with Gasteiger partial charge in [0.15, 0.2) is 0 Å². The summed E-state index contributed by atoms with van der Waals surface area (Å²) in [5, 5.41) is 5.87. The van der Waals surface area contributed by atoms with Crippen LogP contribution in [-0.2, 0) is 0 Å². The molecule has 18 heavy (non-hydrogen) atoms. The van der Waals surface area contributed by atoms with E-state index in [1.807, 2.05) is 6.07 Å². The molecule has 0 aliphatic heterocycles. The monoisotopic (exact) mass is 249 g/mol. The first kappa shape index (κ1) is 14.4. The molecule has 0 spiro atoms. The summed E-state index contributed by atoms with van der Waals surface area (Å²) < 4.78 is 0. The van der Waals surface area contributed by atoms with Gasteiger partial charge in [0, 0.05) is 19.2 Å². The highest BCUT2D eigenvalue weighted by Crippen LogP contribution is 2.20. The molecule has 0 bridgehead atoms. The first-order valence-corrected chi connectivity index (χ1v) is 6.40. The molecule has 0 heterocycles. The normalized spacial score (nSPS) is 10.4. The first-order chi connectivity index (χ1) is 8.54. The molecule has 0 fully saturated rings. The number of carbonyl (C=O) groups excluding carboxylic acids is 1. The summed E-state index contributed by atoms with van der Waals surface area (Å²) in [7, 11) is 1.61. The summed E-state index contributed by atoms with van der Waals surface area (Å²) in [4.78, 5) is 11.4. The van der Waals surface area contributed by atoms with Gasteiger partial charge in [0.1, 0.15) is 0 Å². The fourth-order valence-corrected chi connectivity index (χ4v) is 1.74. The SMILES string of the molecule is CNC(=O)c1ccc(NCCCC(C)C)c(N)c1. The summed E-state index contributed by atoms with van der Waals surface area (Å²) in [6, 6.07) is 5.33. The highest BCUT2D eigenvalue weighted by atomic mass is 16.1. The Balaban J connectivity index is 2.55. The van der Waals surface area contributed by atoms with E-state index in [0.29, 0.717) is 11.3 Å². The van der Waals surface area contributed by atoms with Gasteiger partial charge in [0.2, 0.25) is 0 Å². The number of amides is 1. The molecule has 0 saturated heterocycles. The van der Waals surface area contributed by atoms with Gasteiger partial charge in [0.05, 0.1) is 11.4 Å². The number of nitrogen functional groups attached to an aromatic ring is 1. The van der Waals surface area contributed by atoms with E-state index in [4.69, 9.17) is 5.73 Å². The van der Waals surface area contributed by atoms with Gasteiger partial charge in [-0.15, -0.1) is 0 Å². The Hall–Kier alpha value is -1.71. The third kappa shape index (κ3) is 4.28. The van der Waals surface area contributed by atoms with Gasteiger partial charge in [-0.25, -0.2) is 0 Å².